The maximum Gasteiger partial charge on any atom is 0.286 e. The lowest BCUT2D eigenvalue weighted by atomic mass is 10.1. The Morgan fingerprint density at radius 2 is 2.35 bits per heavy atom. The Bertz CT molecular complexity index is 511. The standard InChI is InChI=1S/C15H19NO4/c1-19-12-6-5-11(13(17)10-12)7-8-16-15(18)14-4-2-3-9-20-14/h4-6,10,17H,2-3,7-9H2,1H3,(H,16,18). The Kier molecular flexibility index (Phi) is 4.87. The number of rotatable bonds is 5. The van der Waals surface area contributed by atoms with Crippen molar-refractivity contribution < 1.29 is 19.4 Å². The van der Waals surface area contributed by atoms with Gasteiger partial charge in [-0.05, 0) is 37.0 Å². The van der Waals surface area contributed by atoms with Gasteiger partial charge >= 0.3 is 0 Å². The van der Waals surface area contributed by atoms with E-state index in [4.69, 9.17) is 9.47 Å². The third-order valence-corrected chi connectivity index (χ3v) is 3.13. The molecular formula is C15H19NO4. The fourth-order valence-electron chi connectivity index (χ4n) is 2.00. The fourth-order valence-corrected chi connectivity index (χ4v) is 2.00. The van der Waals surface area contributed by atoms with E-state index >= 15 is 0 Å². The molecular weight excluding hydrogens is 258 g/mol. The minimum absolute atomic E-state index is 0.173. The molecule has 20 heavy (non-hydrogen) atoms. The number of carbonyl (C=O) groups is 1. The van der Waals surface area contributed by atoms with Gasteiger partial charge in [-0.15, -0.1) is 0 Å². The van der Waals surface area contributed by atoms with E-state index in [-0.39, 0.29) is 11.7 Å². The topological polar surface area (TPSA) is 67.8 Å². The summed E-state index contributed by atoms with van der Waals surface area (Å²) < 4.78 is 10.3. The van der Waals surface area contributed by atoms with Gasteiger partial charge in [0.2, 0.25) is 0 Å². The summed E-state index contributed by atoms with van der Waals surface area (Å²) in [7, 11) is 1.55. The third-order valence-electron chi connectivity index (χ3n) is 3.13. The zero-order chi connectivity index (χ0) is 14.4. The highest BCUT2D eigenvalue weighted by Crippen LogP contribution is 2.23. The van der Waals surface area contributed by atoms with Crippen LogP contribution >= 0.6 is 0 Å². The summed E-state index contributed by atoms with van der Waals surface area (Å²) in [5.74, 6) is 0.982. The SMILES string of the molecule is COc1ccc(CCNC(=O)C2=CCCCO2)c(O)c1. The van der Waals surface area contributed by atoms with Crippen molar-refractivity contribution in [2.45, 2.75) is 19.3 Å². The lowest BCUT2D eigenvalue weighted by Crippen LogP contribution is -2.29. The maximum absolute atomic E-state index is 11.8. The van der Waals surface area contributed by atoms with E-state index in [1.807, 2.05) is 6.08 Å². The van der Waals surface area contributed by atoms with Crippen molar-refractivity contribution in [3.63, 3.8) is 0 Å². The number of benzene rings is 1. The molecule has 0 spiro atoms. The molecule has 0 aromatic heterocycles. The minimum Gasteiger partial charge on any atom is -0.508 e. The van der Waals surface area contributed by atoms with Gasteiger partial charge in [0, 0.05) is 12.6 Å². The summed E-state index contributed by atoms with van der Waals surface area (Å²) in [4.78, 5) is 11.8. The predicted molar refractivity (Wildman–Crippen MR) is 74.6 cm³/mol. The second-order valence-electron chi connectivity index (χ2n) is 4.56. The summed E-state index contributed by atoms with van der Waals surface area (Å²) in [6, 6.07) is 5.13. The molecule has 5 nitrogen and oxygen atoms in total. The number of nitrogens with one attached hydrogen (secondary N) is 1. The molecule has 1 aromatic carbocycles. The largest absolute Gasteiger partial charge is 0.508 e. The van der Waals surface area contributed by atoms with Crippen LogP contribution in [0.25, 0.3) is 0 Å². The van der Waals surface area contributed by atoms with E-state index < -0.39 is 0 Å². The first kappa shape index (κ1) is 14.2. The van der Waals surface area contributed by atoms with Crippen LogP contribution in [0.2, 0.25) is 0 Å². The van der Waals surface area contributed by atoms with Gasteiger partial charge in [-0.2, -0.15) is 0 Å². The lowest BCUT2D eigenvalue weighted by Gasteiger charge is -2.14. The number of amides is 1. The van der Waals surface area contributed by atoms with E-state index in [0.29, 0.717) is 31.1 Å². The maximum atomic E-state index is 11.8. The van der Waals surface area contributed by atoms with Gasteiger partial charge in [0.1, 0.15) is 11.5 Å². The van der Waals surface area contributed by atoms with Crippen molar-refractivity contribution in [3.8, 4) is 11.5 Å². The fraction of sp³-hybridized carbons (Fsp3) is 0.400. The quantitative estimate of drug-likeness (QED) is 0.860. The van der Waals surface area contributed by atoms with Crippen molar-refractivity contribution in [1.82, 2.24) is 5.32 Å². The zero-order valence-corrected chi connectivity index (χ0v) is 11.5. The Labute approximate surface area is 118 Å². The number of methoxy groups -OCH3 is 1. The summed E-state index contributed by atoms with van der Waals surface area (Å²) in [5, 5.41) is 12.6. The number of hydrogen-bond acceptors (Lipinski definition) is 4. The van der Waals surface area contributed by atoms with Gasteiger partial charge in [-0.25, -0.2) is 0 Å². The molecule has 1 heterocycles. The predicted octanol–water partition coefficient (Wildman–Crippen LogP) is 1.75. The van der Waals surface area contributed by atoms with Gasteiger partial charge in [-0.3, -0.25) is 4.79 Å². The minimum atomic E-state index is -0.197. The first-order valence-corrected chi connectivity index (χ1v) is 6.67. The average molecular weight is 277 g/mol. The molecule has 0 saturated heterocycles. The van der Waals surface area contributed by atoms with E-state index in [1.54, 1.807) is 25.3 Å². The highest BCUT2D eigenvalue weighted by Gasteiger charge is 2.13. The van der Waals surface area contributed by atoms with Crippen molar-refractivity contribution in [1.29, 1.82) is 0 Å². The number of ether oxygens (including phenoxy) is 2. The van der Waals surface area contributed by atoms with Crippen LogP contribution in [-0.2, 0) is 16.0 Å². The molecule has 0 saturated carbocycles. The molecule has 0 unspecified atom stereocenters. The van der Waals surface area contributed by atoms with E-state index in [9.17, 15) is 9.90 Å². The first-order valence-electron chi connectivity index (χ1n) is 6.67. The molecule has 108 valence electrons. The highest BCUT2D eigenvalue weighted by molar-refractivity contribution is 5.91. The second kappa shape index (κ2) is 6.84. The molecule has 1 aliphatic rings. The van der Waals surface area contributed by atoms with Crippen LogP contribution in [0, 0.1) is 0 Å². The van der Waals surface area contributed by atoms with Gasteiger partial charge < -0.3 is 19.9 Å². The van der Waals surface area contributed by atoms with Gasteiger partial charge in [0.25, 0.3) is 5.91 Å². The molecule has 0 atom stereocenters. The van der Waals surface area contributed by atoms with Crippen molar-refractivity contribution in [2.24, 2.45) is 0 Å². The average Bonchev–Trinajstić information content (AvgIpc) is 2.49. The van der Waals surface area contributed by atoms with Gasteiger partial charge in [0.15, 0.2) is 5.76 Å². The van der Waals surface area contributed by atoms with E-state index in [1.165, 1.54) is 0 Å². The number of hydrogen-bond donors (Lipinski definition) is 2. The smallest absolute Gasteiger partial charge is 0.286 e. The van der Waals surface area contributed by atoms with Crippen LogP contribution in [0.5, 0.6) is 11.5 Å². The van der Waals surface area contributed by atoms with Crippen molar-refractivity contribution in [3.05, 3.63) is 35.6 Å². The van der Waals surface area contributed by atoms with Crippen molar-refractivity contribution in [2.75, 3.05) is 20.3 Å². The lowest BCUT2D eigenvalue weighted by molar-refractivity contribution is -0.121. The van der Waals surface area contributed by atoms with Gasteiger partial charge in [0.05, 0.1) is 13.7 Å². The van der Waals surface area contributed by atoms with Crippen LogP contribution in [0.3, 0.4) is 0 Å². The molecule has 0 aliphatic carbocycles. The third kappa shape index (κ3) is 3.66. The van der Waals surface area contributed by atoms with E-state index in [2.05, 4.69) is 5.32 Å². The number of aromatic hydroxyl groups is 1. The van der Waals surface area contributed by atoms with Crippen LogP contribution < -0.4 is 10.1 Å². The molecule has 2 rings (SSSR count). The van der Waals surface area contributed by atoms with Crippen LogP contribution in [0.15, 0.2) is 30.0 Å². The van der Waals surface area contributed by atoms with Crippen molar-refractivity contribution >= 4 is 5.91 Å². The number of phenolic OH excluding ortho intramolecular Hbond substituents is 1. The second-order valence-corrected chi connectivity index (χ2v) is 4.56. The molecule has 1 aromatic rings. The molecule has 0 radical (unpaired) electrons. The monoisotopic (exact) mass is 277 g/mol. The Balaban J connectivity index is 1.83. The van der Waals surface area contributed by atoms with Crippen LogP contribution in [-0.4, -0.2) is 31.3 Å². The molecule has 5 heteroatoms. The molecule has 0 bridgehead atoms. The first-order chi connectivity index (χ1) is 9.70. The Hall–Kier alpha value is -2.17. The molecule has 1 amide bonds. The van der Waals surface area contributed by atoms with Crippen LogP contribution in [0.4, 0.5) is 0 Å². The summed E-state index contributed by atoms with van der Waals surface area (Å²) in [6.07, 6.45) is 4.19. The molecule has 2 N–H and O–H groups in total. The summed E-state index contributed by atoms with van der Waals surface area (Å²) in [5.41, 5.74) is 0.768. The zero-order valence-electron chi connectivity index (χ0n) is 11.5. The normalized spacial score (nSPS) is 14.2. The van der Waals surface area contributed by atoms with Crippen LogP contribution in [0.1, 0.15) is 18.4 Å². The van der Waals surface area contributed by atoms with Gasteiger partial charge in [-0.1, -0.05) is 6.07 Å². The molecule has 0 fully saturated rings. The number of phenols is 1. The highest BCUT2D eigenvalue weighted by atomic mass is 16.5. The number of carbonyl (C=O) groups excluding carboxylic acids is 1. The number of allylic oxidation sites excluding steroid dienone is 1. The Morgan fingerprint density at radius 3 is 3.00 bits per heavy atom. The Morgan fingerprint density at radius 1 is 1.50 bits per heavy atom. The summed E-state index contributed by atoms with van der Waals surface area (Å²) in [6.45, 7) is 1.04. The molecule has 1 aliphatic heterocycles. The van der Waals surface area contributed by atoms with E-state index in [0.717, 1.165) is 18.4 Å². The summed E-state index contributed by atoms with van der Waals surface area (Å²) >= 11 is 0.